The number of hydrogen-bond donors (Lipinski definition) is 2. The van der Waals surface area contributed by atoms with Crippen molar-refractivity contribution in [3.8, 4) is 0 Å². The summed E-state index contributed by atoms with van der Waals surface area (Å²) >= 11 is 5.67. The first kappa shape index (κ1) is 15.3. The van der Waals surface area contributed by atoms with Crippen molar-refractivity contribution in [1.82, 2.24) is 0 Å². The fraction of sp³-hybridized carbons (Fsp3) is 0.188. The topological polar surface area (TPSA) is 41.1 Å². The van der Waals surface area contributed by atoms with Crippen LogP contribution in [0.1, 0.15) is 11.1 Å². The van der Waals surface area contributed by atoms with Crippen molar-refractivity contribution in [3.05, 3.63) is 58.4 Å². The maximum atomic E-state index is 13.0. The van der Waals surface area contributed by atoms with Gasteiger partial charge in [-0.3, -0.25) is 4.79 Å². The number of rotatable bonds is 4. The second-order valence-electron chi connectivity index (χ2n) is 4.78. The van der Waals surface area contributed by atoms with Crippen LogP contribution in [0.3, 0.4) is 0 Å². The van der Waals surface area contributed by atoms with Gasteiger partial charge in [-0.2, -0.15) is 0 Å². The number of anilines is 2. The minimum atomic E-state index is -0.511. The molecule has 2 rings (SSSR count). The lowest BCUT2D eigenvalue weighted by Gasteiger charge is -2.11. The molecule has 0 unspecified atom stereocenters. The number of amides is 1. The molecule has 0 aliphatic carbocycles. The van der Waals surface area contributed by atoms with E-state index in [-0.39, 0.29) is 17.5 Å². The second kappa shape index (κ2) is 6.59. The Morgan fingerprint density at radius 1 is 1.24 bits per heavy atom. The van der Waals surface area contributed by atoms with Gasteiger partial charge in [-0.15, -0.1) is 0 Å². The molecule has 2 N–H and O–H groups in total. The quantitative estimate of drug-likeness (QED) is 0.891. The highest BCUT2D eigenvalue weighted by atomic mass is 35.5. The first-order valence-electron chi connectivity index (χ1n) is 6.52. The third kappa shape index (κ3) is 3.95. The Morgan fingerprint density at radius 3 is 2.71 bits per heavy atom. The zero-order chi connectivity index (χ0) is 15.4. The molecule has 2 aromatic carbocycles. The van der Waals surface area contributed by atoms with E-state index in [0.29, 0.717) is 5.69 Å². The van der Waals surface area contributed by atoms with E-state index >= 15 is 0 Å². The van der Waals surface area contributed by atoms with Crippen LogP contribution in [-0.4, -0.2) is 12.5 Å². The lowest BCUT2D eigenvalue weighted by atomic mass is 10.1. The lowest BCUT2D eigenvalue weighted by Crippen LogP contribution is -2.22. The van der Waals surface area contributed by atoms with Crippen molar-refractivity contribution < 1.29 is 9.18 Å². The van der Waals surface area contributed by atoms with E-state index in [1.54, 1.807) is 0 Å². The summed E-state index contributed by atoms with van der Waals surface area (Å²) in [6, 6.07) is 9.94. The first-order chi connectivity index (χ1) is 9.97. The summed E-state index contributed by atoms with van der Waals surface area (Å²) in [6.07, 6.45) is 0. The van der Waals surface area contributed by atoms with Gasteiger partial charge in [0, 0.05) is 11.4 Å². The highest BCUT2D eigenvalue weighted by molar-refractivity contribution is 6.31. The van der Waals surface area contributed by atoms with Crippen LogP contribution in [0.4, 0.5) is 15.8 Å². The third-order valence-corrected chi connectivity index (χ3v) is 3.54. The van der Waals surface area contributed by atoms with E-state index in [0.717, 1.165) is 16.8 Å². The Hall–Kier alpha value is -2.07. The Labute approximate surface area is 128 Å². The van der Waals surface area contributed by atoms with Crippen molar-refractivity contribution in [2.24, 2.45) is 0 Å². The second-order valence-corrected chi connectivity index (χ2v) is 5.19. The Kier molecular flexibility index (Phi) is 4.81. The lowest BCUT2D eigenvalue weighted by molar-refractivity contribution is -0.114. The maximum Gasteiger partial charge on any atom is 0.243 e. The van der Waals surface area contributed by atoms with Gasteiger partial charge in [0.2, 0.25) is 5.91 Å². The largest absolute Gasteiger partial charge is 0.376 e. The van der Waals surface area contributed by atoms with E-state index < -0.39 is 5.82 Å². The number of benzene rings is 2. The fourth-order valence-electron chi connectivity index (χ4n) is 1.90. The van der Waals surface area contributed by atoms with E-state index in [4.69, 9.17) is 11.6 Å². The highest BCUT2D eigenvalue weighted by Gasteiger charge is 2.06. The van der Waals surface area contributed by atoms with Crippen LogP contribution in [0, 0.1) is 19.7 Å². The van der Waals surface area contributed by atoms with Crippen LogP contribution >= 0.6 is 11.6 Å². The molecule has 0 atom stereocenters. The smallest absolute Gasteiger partial charge is 0.243 e. The summed E-state index contributed by atoms with van der Waals surface area (Å²) in [5.74, 6) is -0.734. The molecule has 0 spiro atoms. The Morgan fingerprint density at radius 2 is 2.00 bits per heavy atom. The molecule has 0 bridgehead atoms. The molecule has 0 fully saturated rings. The molecule has 21 heavy (non-hydrogen) atoms. The van der Waals surface area contributed by atoms with Crippen molar-refractivity contribution >= 4 is 28.9 Å². The molecule has 0 saturated heterocycles. The molecule has 0 heterocycles. The van der Waals surface area contributed by atoms with Gasteiger partial charge in [0.1, 0.15) is 5.82 Å². The van der Waals surface area contributed by atoms with Gasteiger partial charge in [0.15, 0.2) is 0 Å². The van der Waals surface area contributed by atoms with Crippen molar-refractivity contribution in [1.29, 1.82) is 0 Å². The van der Waals surface area contributed by atoms with Crippen LogP contribution in [0.15, 0.2) is 36.4 Å². The van der Waals surface area contributed by atoms with Crippen molar-refractivity contribution in [2.75, 3.05) is 17.2 Å². The molecular formula is C16H16ClFN2O. The van der Waals surface area contributed by atoms with Gasteiger partial charge in [-0.1, -0.05) is 23.7 Å². The predicted octanol–water partition coefficient (Wildman–Crippen LogP) is 4.15. The van der Waals surface area contributed by atoms with Crippen molar-refractivity contribution in [3.63, 3.8) is 0 Å². The first-order valence-corrected chi connectivity index (χ1v) is 6.90. The third-order valence-electron chi connectivity index (χ3n) is 3.25. The molecule has 1 amide bonds. The summed E-state index contributed by atoms with van der Waals surface area (Å²) in [5, 5.41) is 5.72. The summed E-state index contributed by atoms with van der Waals surface area (Å²) in [7, 11) is 0. The molecule has 0 aliphatic rings. The van der Waals surface area contributed by atoms with E-state index in [9.17, 15) is 9.18 Å². The zero-order valence-corrected chi connectivity index (χ0v) is 12.6. The maximum absolute atomic E-state index is 13.0. The molecule has 0 aromatic heterocycles. The summed E-state index contributed by atoms with van der Waals surface area (Å²) in [4.78, 5) is 11.9. The Bertz CT molecular complexity index is 673. The molecule has 2 aromatic rings. The molecule has 3 nitrogen and oxygen atoms in total. The van der Waals surface area contributed by atoms with Gasteiger partial charge in [0.25, 0.3) is 0 Å². The van der Waals surface area contributed by atoms with Crippen LogP contribution in [0.2, 0.25) is 5.02 Å². The van der Waals surface area contributed by atoms with Crippen molar-refractivity contribution in [2.45, 2.75) is 13.8 Å². The normalized spacial score (nSPS) is 10.3. The molecule has 0 aliphatic heterocycles. The van der Waals surface area contributed by atoms with Crippen LogP contribution in [0.5, 0.6) is 0 Å². The number of carbonyl (C=O) groups is 1. The number of carbonyl (C=O) groups excluding carboxylic acids is 1. The molecule has 110 valence electrons. The number of aryl methyl sites for hydroxylation is 1. The minimum absolute atomic E-state index is 0.0183. The van der Waals surface area contributed by atoms with Crippen LogP contribution in [-0.2, 0) is 4.79 Å². The van der Waals surface area contributed by atoms with Gasteiger partial charge >= 0.3 is 0 Å². The van der Waals surface area contributed by atoms with Gasteiger partial charge in [0.05, 0.1) is 11.6 Å². The number of nitrogens with one attached hydrogen (secondary N) is 2. The molecular weight excluding hydrogens is 291 g/mol. The summed E-state index contributed by atoms with van der Waals surface area (Å²) in [5.41, 5.74) is 3.65. The average Bonchev–Trinajstić information content (AvgIpc) is 2.44. The molecule has 0 saturated carbocycles. The van der Waals surface area contributed by atoms with E-state index in [1.165, 1.54) is 18.2 Å². The predicted molar refractivity (Wildman–Crippen MR) is 84.4 cm³/mol. The van der Waals surface area contributed by atoms with E-state index in [1.807, 2.05) is 32.0 Å². The van der Waals surface area contributed by atoms with Gasteiger partial charge < -0.3 is 10.6 Å². The van der Waals surface area contributed by atoms with E-state index in [2.05, 4.69) is 10.6 Å². The Balaban J connectivity index is 1.96. The average molecular weight is 307 g/mol. The monoisotopic (exact) mass is 306 g/mol. The fourth-order valence-corrected chi connectivity index (χ4v) is 2.08. The molecule has 5 heteroatoms. The summed E-state index contributed by atoms with van der Waals surface area (Å²) in [6.45, 7) is 4.13. The van der Waals surface area contributed by atoms with Gasteiger partial charge in [-0.25, -0.2) is 4.39 Å². The SMILES string of the molecule is Cc1cccc(NCC(=O)Nc2ccc(F)c(Cl)c2)c1C. The van der Waals surface area contributed by atoms with Crippen LogP contribution in [0.25, 0.3) is 0 Å². The summed E-state index contributed by atoms with van der Waals surface area (Å²) < 4.78 is 13.0. The zero-order valence-electron chi connectivity index (χ0n) is 11.8. The minimum Gasteiger partial charge on any atom is -0.376 e. The number of hydrogen-bond acceptors (Lipinski definition) is 2. The highest BCUT2D eigenvalue weighted by Crippen LogP contribution is 2.20. The number of halogens is 2. The van der Waals surface area contributed by atoms with Gasteiger partial charge in [-0.05, 0) is 49.2 Å². The standard InChI is InChI=1S/C16H16ClFN2O/c1-10-4-3-5-15(11(10)2)19-9-16(21)20-12-6-7-14(18)13(17)8-12/h3-8,19H,9H2,1-2H3,(H,20,21). The molecule has 0 radical (unpaired) electrons. The van der Waals surface area contributed by atoms with Crippen LogP contribution < -0.4 is 10.6 Å².